The number of para-hydroxylation sites is 2. The molecule has 3 heterocycles. The van der Waals surface area contributed by atoms with Crippen molar-refractivity contribution in [3.8, 4) is 23.0 Å². The summed E-state index contributed by atoms with van der Waals surface area (Å²) in [5, 5.41) is 4.10. The molecule has 1 unspecified atom stereocenters. The van der Waals surface area contributed by atoms with Crippen LogP contribution >= 0.6 is 0 Å². The average molecular weight is 294 g/mol. The third-order valence-corrected chi connectivity index (χ3v) is 4.20. The van der Waals surface area contributed by atoms with E-state index in [1.807, 2.05) is 35.8 Å². The Bertz CT molecular complexity index is 863. The molecule has 6 nitrogen and oxygen atoms in total. The molecule has 0 radical (unpaired) electrons. The predicted molar refractivity (Wildman–Crippen MR) is 77.9 cm³/mol. The zero-order valence-electron chi connectivity index (χ0n) is 12.1. The molecule has 1 saturated carbocycles. The van der Waals surface area contributed by atoms with Gasteiger partial charge in [0.2, 0.25) is 11.7 Å². The Labute approximate surface area is 126 Å². The Balaban J connectivity index is 1.65. The fourth-order valence-electron chi connectivity index (χ4n) is 2.94. The van der Waals surface area contributed by atoms with Gasteiger partial charge in [0.25, 0.3) is 0 Å². The maximum Gasteiger partial charge on any atom is 0.230 e. The lowest BCUT2D eigenvalue weighted by Gasteiger charge is -2.25. The second kappa shape index (κ2) is 4.19. The molecule has 1 atom stereocenters. The van der Waals surface area contributed by atoms with E-state index in [0.717, 1.165) is 41.6 Å². The molecule has 5 rings (SSSR count). The van der Waals surface area contributed by atoms with Gasteiger partial charge in [-0.15, -0.1) is 0 Å². The quantitative estimate of drug-likeness (QED) is 0.725. The van der Waals surface area contributed by atoms with Gasteiger partial charge in [0.15, 0.2) is 0 Å². The largest absolute Gasteiger partial charge is 0.482 e. The molecule has 6 heteroatoms. The summed E-state index contributed by atoms with van der Waals surface area (Å²) >= 11 is 0. The smallest absolute Gasteiger partial charge is 0.230 e. The highest BCUT2D eigenvalue weighted by molar-refractivity contribution is 5.60. The number of ether oxygens (including phenoxy) is 1. The van der Waals surface area contributed by atoms with Crippen molar-refractivity contribution in [2.24, 2.45) is 0 Å². The third-order valence-electron chi connectivity index (χ3n) is 4.20. The molecule has 1 aliphatic carbocycles. The fourth-order valence-corrected chi connectivity index (χ4v) is 2.94. The second-order valence-electron chi connectivity index (χ2n) is 5.81. The minimum atomic E-state index is -0.115. The van der Waals surface area contributed by atoms with Gasteiger partial charge in [0.05, 0.1) is 11.4 Å². The van der Waals surface area contributed by atoms with E-state index < -0.39 is 0 Å². The van der Waals surface area contributed by atoms with Crippen LogP contribution in [0.25, 0.3) is 17.2 Å². The maximum absolute atomic E-state index is 6.00. The molecule has 0 amide bonds. The first-order valence-electron chi connectivity index (χ1n) is 7.48. The molecule has 2 aromatic heterocycles. The first kappa shape index (κ1) is 12.0. The van der Waals surface area contributed by atoms with Crippen LogP contribution in [-0.4, -0.2) is 19.7 Å². The van der Waals surface area contributed by atoms with Crippen LogP contribution in [0.2, 0.25) is 0 Å². The van der Waals surface area contributed by atoms with Gasteiger partial charge in [-0.25, -0.2) is 4.98 Å². The Kier molecular flexibility index (Phi) is 2.28. The van der Waals surface area contributed by atoms with Gasteiger partial charge in [-0.2, -0.15) is 4.98 Å². The van der Waals surface area contributed by atoms with Gasteiger partial charge < -0.3 is 9.26 Å². The first-order chi connectivity index (χ1) is 10.8. The summed E-state index contributed by atoms with van der Waals surface area (Å²) in [7, 11) is 0. The number of hydrogen-bond acceptors (Lipinski definition) is 5. The van der Waals surface area contributed by atoms with Gasteiger partial charge in [0.1, 0.15) is 23.9 Å². The molecular weight excluding hydrogens is 280 g/mol. The van der Waals surface area contributed by atoms with E-state index in [1.54, 1.807) is 6.33 Å². The zero-order valence-corrected chi connectivity index (χ0v) is 12.1. The number of hydrogen-bond donors (Lipinski definition) is 0. The van der Waals surface area contributed by atoms with Crippen LogP contribution in [0.5, 0.6) is 5.75 Å². The van der Waals surface area contributed by atoms with E-state index in [4.69, 9.17) is 9.26 Å². The van der Waals surface area contributed by atoms with Crippen molar-refractivity contribution in [1.82, 2.24) is 19.7 Å². The predicted octanol–water partition coefficient (Wildman–Crippen LogP) is 3.25. The SMILES string of the molecule is CC1Oc2ccccc2-n2cnc(-c3noc(C4CC4)n3)c21. The fraction of sp³-hybridized carbons (Fsp3) is 0.312. The highest BCUT2D eigenvalue weighted by Crippen LogP contribution is 2.41. The van der Waals surface area contributed by atoms with Crippen LogP contribution < -0.4 is 4.74 Å². The topological polar surface area (TPSA) is 66.0 Å². The Morgan fingerprint density at radius 2 is 2.09 bits per heavy atom. The van der Waals surface area contributed by atoms with Crippen molar-refractivity contribution in [3.05, 3.63) is 42.2 Å². The number of fused-ring (bicyclic) bond motifs is 3. The van der Waals surface area contributed by atoms with Crippen molar-refractivity contribution in [2.45, 2.75) is 31.8 Å². The highest BCUT2D eigenvalue weighted by Gasteiger charge is 2.32. The zero-order chi connectivity index (χ0) is 14.7. The van der Waals surface area contributed by atoms with Crippen molar-refractivity contribution < 1.29 is 9.26 Å². The second-order valence-corrected chi connectivity index (χ2v) is 5.81. The molecule has 22 heavy (non-hydrogen) atoms. The van der Waals surface area contributed by atoms with Gasteiger partial charge in [-0.05, 0) is 31.9 Å². The minimum Gasteiger partial charge on any atom is -0.482 e. The van der Waals surface area contributed by atoms with Crippen molar-refractivity contribution in [1.29, 1.82) is 0 Å². The van der Waals surface area contributed by atoms with Gasteiger partial charge in [0, 0.05) is 5.92 Å². The monoisotopic (exact) mass is 294 g/mol. The van der Waals surface area contributed by atoms with Crippen LogP contribution in [0.15, 0.2) is 35.1 Å². The summed E-state index contributed by atoms with van der Waals surface area (Å²) < 4.78 is 13.4. The number of benzene rings is 1. The normalized spacial score (nSPS) is 19.4. The molecule has 0 spiro atoms. The summed E-state index contributed by atoms with van der Waals surface area (Å²) in [4.78, 5) is 9.01. The maximum atomic E-state index is 6.00. The molecule has 2 aliphatic rings. The summed E-state index contributed by atoms with van der Waals surface area (Å²) in [6.07, 6.45) is 3.96. The van der Waals surface area contributed by atoms with E-state index in [1.165, 1.54) is 0 Å². The van der Waals surface area contributed by atoms with Crippen LogP contribution in [0, 0.1) is 0 Å². The van der Waals surface area contributed by atoms with Crippen LogP contribution in [0.4, 0.5) is 0 Å². The van der Waals surface area contributed by atoms with Gasteiger partial charge in [-0.3, -0.25) is 4.57 Å². The Hall–Kier alpha value is -2.63. The molecule has 1 aliphatic heterocycles. The molecule has 0 N–H and O–H groups in total. The minimum absolute atomic E-state index is 0.115. The molecule has 0 bridgehead atoms. The Morgan fingerprint density at radius 1 is 1.23 bits per heavy atom. The lowest BCUT2D eigenvalue weighted by molar-refractivity contribution is 0.208. The average Bonchev–Trinajstić information content (AvgIpc) is 3.10. The standard InChI is InChI=1S/C16H14N4O2/c1-9-14-13(15-18-16(22-19-15)10-6-7-10)17-8-20(14)11-4-2-3-5-12(11)21-9/h2-5,8-10H,6-7H2,1H3. The number of nitrogens with zero attached hydrogens (tertiary/aromatic N) is 4. The first-order valence-corrected chi connectivity index (χ1v) is 7.48. The van der Waals surface area contributed by atoms with Crippen molar-refractivity contribution in [3.63, 3.8) is 0 Å². The molecule has 1 fully saturated rings. The van der Waals surface area contributed by atoms with Gasteiger partial charge in [-0.1, -0.05) is 17.3 Å². The van der Waals surface area contributed by atoms with Crippen LogP contribution in [0.3, 0.4) is 0 Å². The summed E-state index contributed by atoms with van der Waals surface area (Å²) in [5.41, 5.74) is 2.68. The summed E-state index contributed by atoms with van der Waals surface area (Å²) in [6, 6.07) is 7.94. The number of rotatable bonds is 2. The lowest BCUT2D eigenvalue weighted by atomic mass is 10.1. The van der Waals surface area contributed by atoms with E-state index >= 15 is 0 Å². The molecule has 110 valence electrons. The van der Waals surface area contributed by atoms with Crippen molar-refractivity contribution >= 4 is 0 Å². The van der Waals surface area contributed by atoms with Crippen LogP contribution in [0.1, 0.15) is 43.4 Å². The molecule has 0 saturated heterocycles. The number of imidazole rings is 1. The molecular formula is C16H14N4O2. The molecule has 3 aromatic rings. The van der Waals surface area contributed by atoms with E-state index in [0.29, 0.717) is 11.7 Å². The van der Waals surface area contributed by atoms with E-state index in [-0.39, 0.29) is 6.10 Å². The van der Waals surface area contributed by atoms with E-state index in [9.17, 15) is 0 Å². The highest BCUT2D eigenvalue weighted by atomic mass is 16.5. The van der Waals surface area contributed by atoms with Crippen LogP contribution in [-0.2, 0) is 0 Å². The summed E-state index contributed by atoms with van der Waals surface area (Å²) in [5.74, 6) is 2.57. The number of aromatic nitrogens is 4. The molecule has 1 aromatic carbocycles. The summed E-state index contributed by atoms with van der Waals surface area (Å²) in [6.45, 7) is 2.01. The van der Waals surface area contributed by atoms with Crippen molar-refractivity contribution in [2.75, 3.05) is 0 Å². The van der Waals surface area contributed by atoms with Gasteiger partial charge >= 0.3 is 0 Å². The Morgan fingerprint density at radius 3 is 2.95 bits per heavy atom. The van der Waals surface area contributed by atoms with E-state index in [2.05, 4.69) is 15.1 Å². The lowest BCUT2D eigenvalue weighted by Crippen LogP contribution is -2.16. The third kappa shape index (κ3) is 1.63.